The number of carbonyl (C=O) groups is 2. The van der Waals surface area contributed by atoms with Gasteiger partial charge in [-0.15, -0.1) is 11.3 Å². The molecule has 0 bridgehead atoms. The second-order valence-electron chi connectivity index (χ2n) is 8.80. The average Bonchev–Trinajstić information content (AvgIpc) is 3.26. The number of thiophene rings is 1. The van der Waals surface area contributed by atoms with Crippen LogP contribution in [0, 0.1) is 0 Å². The highest BCUT2D eigenvalue weighted by molar-refractivity contribution is 7.17. The first-order valence-electron chi connectivity index (χ1n) is 12.3. The molecule has 3 aromatic rings. The third kappa shape index (κ3) is 6.53. The Bertz CT molecular complexity index is 1300. The Morgan fingerprint density at radius 2 is 1.95 bits per heavy atom. The van der Waals surface area contributed by atoms with E-state index >= 15 is 0 Å². The van der Waals surface area contributed by atoms with E-state index in [2.05, 4.69) is 12.2 Å². The number of anilines is 1. The largest absolute Gasteiger partial charge is 0.493 e. The van der Waals surface area contributed by atoms with Crippen LogP contribution in [0.4, 0.5) is 5.00 Å². The molecular weight excluding hydrogens is 510 g/mol. The number of benzene rings is 2. The fourth-order valence-electron chi connectivity index (χ4n) is 4.38. The fraction of sp³-hybridized carbons (Fsp3) is 0.310. The third-order valence-corrected chi connectivity index (χ3v) is 7.63. The normalized spacial score (nSPS) is 14.8. The molecule has 0 saturated carbocycles. The standard InChI is InChI=1S/C29H30ClNO5S/c1-4-35-29(33)27-26-18(2)6-5-7-24(26)37-28(27)31-25(32)15-11-19-10-14-22(23(16-19)34-3)36-17-20-8-12-21(30)13-9-20/h8-16,18H,4-7,17H2,1-3H3,(H,31,32)/b15-11+. The van der Waals surface area contributed by atoms with Crippen molar-refractivity contribution in [3.05, 3.63) is 80.7 Å². The minimum Gasteiger partial charge on any atom is -0.493 e. The van der Waals surface area contributed by atoms with Gasteiger partial charge in [0.1, 0.15) is 11.6 Å². The smallest absolute Gasteiger partial charge is 0.341 e. The molecule has 37 heavy (non-hydrogen) atoms. The summed E-state index contributed by atoms with van der Waals surface area (Å²) in [6.45, 7) is 4.56. The Morgan fingerprint density at radius 3 is 2.68 bits per heavy atom. The summed E-state index contributed by atoms with van der Waals surface area (Å²) in [5, 5.41) is 4.13. The zero-order valence-corrected chi connectivity index (χ0v) is 22.7. The molecule has 1 atom stereocenters. The molecule has 0 radical (unpaired) electrons. The summed E-state index contributed by atoms with van der Waals surface area (Å²) in [7, 11) is 1.57. The van der Waals surface area contributed by atoms with Crippen LogP contribution in [0.2, 0.25) is 5.02 Å². The number of halogens is 1. The topological polar surface area (TPSA) is 73.9 Å². The highest BCUT2D eigenvalue weighted by Crippen LogP contribution is 2.43. The van der Waals surface area contributed by atoms with Crippen LogP contribution in [0.15, 0.2) is 48.5 Å². The number of carbonyl (C=O) groups excluding carboxylic acids is 2. The lowest BCUT2D eigenvalue weighted by molar-refractivity contribution is -0.111. The number of ether oxygens (including phenoxy) is 3. The van der Waals surface area contributed by atoms with Gasteiger partial charge < -0.3 is 19.5 Å². The van der Waals surface area contributed by atoms with Crippen LogP contribution in [0.5, 0.6) is 11.5 Å². The van der Waals surface area contributed by atoms with Crippen LogP contribution in [-0.4, -0.2) is 25.6 Å². The zero-order valence-electron chi connectivity index (χ0n) is 21.1. The molecule has 0 fully saturated rings. The molecule has 1 aliphatic rings. The highest BCUT2D eigenvalue weighted by atomic mass is 35.5. The molecule has 1 amide bonds. The predicted octanol–water partition coefficient (Wildman–Crippen LogP) is 7.26. The molecule has 2 aromatic carbocycles. The number of nitrogens with one attached hydrogen (secondary N) is 1. The monoisotopic (exact) mass is 539 g/mol. The van der Waals surface area contributed by atoms with Gasteiger partial charge in [-0.25, -0.2) is 4.79 Å². The van der Waals surface area contributed by atoms with Crippen LogP contribution in [0.1, 0.15) is 64.5 Å². The van der Waals surface area contributed by atoms with Crippen molar-refractivity contribution in [2.45, 2.75) is 45.6 Å². The number of fused-ring (bicyclic) bond motifs is 1. The van der Waals surface area contributed by atoms with Gasteiger partial charge in [0, 0.05) is 16.0 Å². The van der Waals surface area contributed by atoms with Crippen molar-refractivity contribution < 1.29 is 23.8 Å². The Kier molecular flexibility index (Phi) is 8.90. The first kappa shape index (κ1) is 26.8. The third-order valence-electron chi connectivity index (χ3n) is 6.19. The van der Waals surface area contributed by atoms with E-state index in [1.165, 1.54) is 17.4 Å². The van der Waals surface area contributed by atoms with Crippen LogP contribution in [0.3, 0.4) is 0 Å². The predicted molar refractivity (Wildman–Crippen MR) is 148 cm³/mol. The Labute approximate surface area is 226 Å². The lowest BCUT2D eigenvalue weighted by atomic mass is 9.86. The summed E-state index contributed by atoms with van der Waals surface area (Å²) in [6.07, 6.45) is 6.14. The molecule has 8 heteroatoms. The number of methoxy groups -OCH3 is 1. The molecular formula is C29H30ClNO5S. The van der Waals surface area contributed by atoms with Gasteiger partial charge in [0.25, 0.3) is 0 Å². The molecule has 194 valence electrons. The minimum atomic E-state index is -0.382. The van der Waals surface area contributed by atoms with Gasteiger partial charge in [-0.2, -0.15) is 0 Å². The molecule has 1 aromatic heterocycles. The second-order valence-corrected chi connectivity index (χ2v) is 10.3. The molecule has 0 saturated heterocycles. The molecule has 1 heterocycles. The number of aryl methyl sites for hydroxylation is 1. The number of amides is 1. The first-order chi connectivity index (χ1) is 17.9. The van der Waals surface area contributed by atoms with Crippen molar-refractivity contribution in [3.63, 3.8) is 0 Å². The van der Waals surface area contributed by atoms with Gasteiger partial charge in [-0.1, -0.05) is 36.7 Å². The van der Waals surface area contributed by atoms with E-state index in [-0.39, 0.29) is 24.4 Å². The number of rotatable bonds is 9. The van der Waals surface area contributed by atoms with E-state index in [1.807, 2.05) is 30.3 Å². The molecule has 0 aliphatic heterocycles. The Balaban J connectivity index is 1.46. The maximum atomic E-state index is 12.8. The van der Waals surface area contributed by atoms with E-state index in [1.54, 1.807) is 32.2 Å². The van der Waals surface area contributed by atoms with Crippen LogP contribution in [0.25, 0.3) is 6.08 Å². The van der Waals surface area contributed by atoms with Crippen LogP contribution >= 0.6 is 22.9 Å². The summed E-state index contributed by atoms with van der Waals surface area (Å²) >= 11 is 7.41. The Hall–Kier alpha value is -3.29. The van der Waals surface area contributed by atoms with Gasteiger partial charge in [0.05, 0.1) is 19.3 Å². The molecule has 6 nitrogen and oxygen atoms in total. The van der Waals surface area contributed by atoms with E-state index in [0.29, 0.717) is 33.7 Å². The lowest BCUT2D eigenvalue weighted by Gasteiger charge is -2.19. The Morgan fingerprint density at radius 1 is 1.16 bits per heavy atom. The van der Waals surface area contributed by atoms with Crippen molar-refractivity contribution in [3.8, 4) is 11.5 Å². The minimum absolute atomic E-state index is 0.258. The van der Waals surface area contributed by atoms with Crippen molar-refractivity contribution in [2.24, 2.45) is 0 Å². The summed E-state index contributed by atoms with van der Waals surface area (Å²) in [5.41, 5.74) is 3.28. The van der Waals surface area contributed by atoms with Crippen molar-refractivity contribution in [1.29, 1.82) is 0 Å². The van der Waals surface area contributed by atoms with Crippen LogP contribution < -0.4 is 14.8 Å². The van der Waals surface area contributed by atoms with Crippen molar-refractivity contribution >= 4 is 45.9 Å². The second kappa shape index (κ2) is 12.3. The quantitative estimate of drug-likeness (QED) is 0.229. The summed E-state index contributed by atoms with van der Waals surface area (Å²) in [5.74, 6) is 0.705. The van der Waals surface area contributed by atoms with Crippen molar-refractivity contribution in [2.75, 3.05) is 19.0 Å². The lowest BCUT2D eigenvalue weighted by Crippen LogP contribution is -2.15. The van der Waals surface area contributed by atoms with Gasteiger partial charge in [-0.05, 0) is 79.1 Å². The molecule has 1 unspecified atom stereocenters. The molecule has 1 N–H and O–H groups in total. The first-order valence-corrected chi connectivity index (χ1v) is 13.5. The number of hydrogen-bond acceptors (Lipinski definition) is 6. The van der Waals surface area contributed by atoms with Crippen LogP contribution in [-0.2, 0) is 22.6 Å². The molecule has 4 rings (SSSR count). The summed E-state index contributed by atoms with van der Waals surface area (Å²) in [4.78, 5) is 26.7. The van der Waals surface area contributed by atoms with E-state index in [4.69, 9.17) is 25.8 Å². The zero-order chi connectivity index (χ0) is 26.4. The van der Waals surface area contributed by atoms with Gasteiger partial charge in [0.2, 0.25) is 5.91 Å². The number of esters is 1. The number of hydrogen-bond donors (Lipinski definition) is 1. The highest BCUT2D eigenvalue weighted by Gasteiger charge is 2.30. The molecule has 1 aliphatic carbocycles. The summed E-state index contributed by atoms with van der Waals surface area (Å²) in [6, 6.07) is 12.9. The average molecular weight is 540 g/mol. The SMILES string of the molecule is CCOC(=O)c1c(NC(=O)/C=C/c2ccc(OCc3ccc(Cl)cc3)c(OC)c2)sc2c1C(C)CCC2. The van der Waals surface area contributed by atoms with E-state index < -0.39 is 0 Å². The van der Waals surface area contributed by atoms with Gasteiger partial charge >= 0.3 is 5.97 Å². The maximum absolute atomic E-state index is 12.8. The fourth-order valence-corrected chi connectivity index (χ4v) is 5.86. The summed E-state index contributed by atoms with van der Waals surface area (Å²) < 4.78 is 16.7. The van der Waals surface area contributed by atoms with Gasteiger partial charge in [0.15, 0.2) is 11.5 Å². The van der Waals surface area contributed by atoms with Gasteiger partial charge in [-0.3, -0.25) is 4.79 Å². The maximum Gasteiger partial charge on any atom is 0.341 e. The molecule has 0 spiro atoms. The van der Waals surface area contributed by atoms with E-state index in [0.717, 1.165) is 40.8 Å². The van der Waals surface area contributed by atoms with E-state index in [9.17, 15) is 9.59 Å². The van der Waals surface area contributed by atoms with Crippen molar-refractivity contribution in [1.82, 2.24) is 0 Å².